The molecule has 4 rings (SSSR count). The number of ether oxygens (including phenoxy) is 1. The number of H-pyrrole nitrogens is 1. The summed E-state index contributed by atoms with van der Waals surface area (Å²) in [5, 5.41) is 3.93. The molecule has 2 heterocycles. The molecule has 1 aliphatic rings. The summed E-state index contributed by atoms with van der Waals surface area (Å²) >= 11 is 1.66. The summed E-state index contributed by atoms with van der Waals surface area (Å²) in [6.45, 7) is 5.31. The van der Waals surface area contributed by atoms with Gasteiger partial charge in [-0.15, -0.1) is 0 Å². The Bertz CT molecular complexity index is 887. The first-order valence-electron chi connectivity index (χ1n) is 9.64. The molecular formula is C21H25N4O2S+. The molecule has 7 heteroatoms. The Morgan fingerprint density at radius 1 is 1.14 bits per heavy atom. The number of nitrogens with one attached hydrogen (secondary N) is 3. The number of quaternary nitrogens is 1. The summed E-state index contributed by atoms with van der Waals surface area (Å²) in [5.74, 6) is 0.798. The predicted octanol–water partition coefficient (Wildman–Crippen LogP) is 1.50. The Labute approximate surface area is 168 Å². The molecule has 0 atom stereocenters. The number of carbonyl (C=O) groups is 1. The van der Waals surface area contributed by atoms with Gasteiger partial charge in [-0.25, -0.2) is 4.98 Å². The summed E-state index contributed by atoms with van der Waals surface area (Å²) < 4.78 is 5.36. The van der Waals surface area contributed by atoms with Gasteiger partial charge in [-0.05, 0) is 29.8 Å². The van der Waals surface area contributed by atoms with Crippen LogP contribution in [0.3, 0.4) is 0 Å². The molecule has 1 aliphatic heterocycles. The number of fused-ring (bicyclic) bond motifs is 1. The van der Waals surface area contributed by atoms with Crippen molar-refractivity contribution in [1.29, 1.82) is 0 Å². The Hall–Kier alpha value is -2.35. The number of amides is 1. The number of carbonyl (C=O) groups excluding carboxylic acids is 1. The fraction of sp³-hybridized carbons (Fsp3) is 0.333. The maximum absolute atomic E-state index is 12.3. The Morgan fingerprint density at radius 2 is 1.93 bits per heavy atom. The molecule has 1 aromatic heterocycles. The first kappa shape index (κ1) is 19.0. The van der Waals surface area contributed by atoms with Crippen LogP contribution >= 0.6 is 11.8 Å². The Morgan fingerprint density at radius 3 is 2.71 bits per heavy atom. The highest BCUT2D eigenvalue weighted by atomic mass is 32.2. The van der Waals surface area contributed by atoms with Crippen molar-refractivity contribution < 1.29 is 14.4 Å². The van der Waals surface area contributed by atoms with Crippen molar-refractivity contribution >= 4 is 28.7 Å². The van der Waals surface area contributed by atoms with E-state index in [9.17, 15) is 4.79 Å². The molecule has 0 saturated carbocycles. The lowest BCUT2D eigenvalue weighted by atomic mass is 10.1. The Balaban J connectivity index is 1.25. The number of hydrogen-bond acceptors (Lipinski definition) is 4. The predicted molar refractivity (Wildman–Crippen MR) is 111 cm³/mol. The molecule has 3 aromatic rings. The Kier molecular flexibility index (Phi) is 6.26. The largest absolute Gasteiger partial charge is 0.370 e. The van der Waals surface area contributed by atoms with Gasteiger partial charge in [-0.2, -0.15) is 0 Å². The van der Waals surface area contributed by atoms with Crippen LogP contribution < -0.4 is 10.2 Å². The second-order valence-corrected chi connectivity index (χ2v) is 7.88. The van der Waals surface area contributed by atoms with Gasteiger partial charge in [0.1, 0.15) is 13.1 Å². The van der Waals surface area contributed by atoms with Crippen LogP contribution in [0.15, 0.2) is 53.7 Å². The van der Waals surface area contributed by atoms with Crippen molar-refractivity contribution in [1.82, 2.24) is 15.3 Å². The van der Waals surface area contributed by atoms with Crippen LogP contribution in [0.5, 0.6) is 0 Å². The summed E-state index contributed by atoms with van der Waals surface area (Å²) in [6.07, 6.45) is 0. The average molecular weight is 398 g/mol. The number of thioether (sulfide) groups is 1. The zero-order valence-electron chi connectivity index (χ0n) is 15.7. The molecule has 1 amide bonds. The molecule has 28 heavy (non-hydrogen) atoms. The minimum absolute atomic E-state index is 0.0100. The van der Waals surface area contributed by atoms with Crippen molar-refractivity contribution in [2.24, 2.45) is 0 Å². The molecule has 0 bridgehead atoms. The van der Waals surface area contributed by atoms with Gasteiger partial charge in [0.25, 0.3) is 5.91 Å². The monoisotopic (exact) mass is 397 g/mol. The molecule has 6 nitrogen and oxygen atoms in total. The van der Waals surface area contributed by atoms with Crippen LogP contribution in [0.1, 0.15) is 15.9 Å². The van der Waals surface area contributed by atoms with E-state index in [0.717, 1.165) is 54.8 Å². The number of rotatable bonds is 7. The van der Waals surface area contributed by atoms with Crippen LogP contribution in [0.25, 0.3) is 11.0 Å². The SMILES string of the molecule is O=C(NCC[NH+]1CCOCC1)c1ccc(CSc2nc3ccccc3[nH]2)cc1. The molecule has 2 aromatic carbocycles. The summed E-state index contributed by atoms with van der Waals surface area (Å²) in [4.78, 5) is 21.7. The molecule has 0 aliphatic carbocycles. The van der Waals surface area contributed by atoms with Crippen LogP contribution in [0.4, 0.5) is 0 Å². The van der Waals surface area contributed by atoms with Gasteiger partial charge in [-0.1, -0.05) is 36.0 Å². The number of hydrogen-bond donors (Lipinski definition) is 3. The second-order valence-electron chi connectivity index (χ2n) is 6.91. The molecule has 3 N–H and O–H groups in total. The number of morpholine rings is 1. The number of para-hydroxylation sites is 2. The summed E-state index contributed by atoms with van der Waals surface area (Å²) in [5.41, 5.74) is 3.90. The van der Waals surface area contributed by atoms with Crippen LogP contribution in [-0.4, -0.2) is 55.3 Å². The second kappa shape index (κ2) is 9.23. The maximum atomic E-state index is 12.3. The fourth-order valence-electron chi connectivity index (χ4n) is 3.27. The van der Waals surface area contributed by atoms with E-state index in [1.807, 2.05) is 48.5 Å². The van der Waals surface area contributed by atoms with E-state index in [0.29, 0.717) is 12.1 Å². The molecule has 0 unspecified atom stereocenters. The van der Waals surface area contributed by atoms with E-state index in [-0.39, 0.29) is 5.91 Å². The molecule has 0 radical (unpaired) electrons. The van der Waals surface area contributed by atoms with Gasteiger partial charge in [0, 0.05) is 11.3 Å². The quantitative estimate of drug-likeness (QED) is 0.529. The third-order valence-corrected chi connectivity index (χ3v) is 5.87. The van der Waals surface area contributed by atoms with E-state index >= 15 is 0 Å². The van der Waals surface area contributed by atoms with Crippen molar-refractivity contribution in [3.63, 3.8) is 0 Å². The summed E-state index contributed by atoms with van der Waals surface area (Å²) in [7, 11) is 0. The van der Waals surface area contributed by atoms with E-state index in [1.165, 1.54) is 10.5 Å². The van der Waals surface area contributed by atoms with Gasteiger partial charge < -0.3 is 19.9 Å². The fourth-order valence-corrected chi connectivity index (χ4v) is 4.11. The first-order chi connectivity index (χ1) is 13.8. The molecular weight excluding hydrogens is 372 g/mol. The van der Waals surface area contributed by atoms with Gasteiger partial charge in [0.15, 0.2) is 5.16 Å². The van der Waals surface area contributed by atoms with Crippen LogP contribution in [-0.2, 0) is 10.5 Å². The molecule has 1 fully saturated rings. The number of imidazole rings is 1. The van der Waals surface area contributed by atoms with Crippen molar-refractivity contribution in [2.45, 2.75) is 10.9 Å². The lowest BCUT2D eigenvalue weighted by Gasteiger charge is -2.23. The van der Waals surface area contributed by atoms with E-state index in [2.05, 4.69) is 15.3 Å². The number of aromatic amines is 1. The number of benzene rings is 2. The third kappa shape index (κ3) is 4.92. The van der Waals surface area contributed by atoms with Crippen LogP contribution in [0, 0.1) is 0 Å². The highest BCUT2D eigenvalue weighted by molar-refractivity contribution is 7.98. The molecule has 1 saturated heterocycles. The molecule has 0 spiro atoms. The zero-order valence-corrected chi connectivity index (χ0v) is 16.6. The van der Waals surface area contributed by atoms with Gasteiger partial charge in [-0.3, -0.25) is 4.79 Å². The lowest BCUT2D eigenvalue weighted by molar-refractivity contribution is -0.906. The molecule has 146 valence electrons. The maximum Gasteiger partial charge on any atom is 0.251 e. The van der Waals surface area contributed by atoms with E-state index < -0.39 is 0 Å². The average Bonchev–Trinajstić information content (AvgIpc) is 3.16. The minimum Gasteiger partial charge on any atom is -0.370 e. The van der Waals surface area contributed by atoms with Crippen molar-refractivity contribution in [2.75, 3.05) is 39.4 Å². The third-order valence-electron chi connectivity index (χ3n) is 4.92. The normalized spacial score (nSPS) is 15.0. The lowest BCUT2D eigenvalue weighted by Crippen LogP contribution is -3.14. The van der Waals surface area contributed by atoms with E-state index in [4.69, 9.17) is 4.74 Å². The number of aromatic nitrogens is 2. The van der Waals surface area contributed by atoms with Crippen molar-refractivity contribution in [3.8, 4) is 0 Å². The topological polar surface area (TPSA) is 71.4 Å². The van der Waals surface area contributed by atoms with Crippen molar-refractivity contribution in [3.05, 3.63) is 59.7 Å². The van der Waals surface area contributed by atoms with E-state index in [1.54, 1.807) is 11.8 Å². The van der Waals surface area contributed by atoms with Gasteiger partial charge in [0.05, 0.1) is 37.3 Å². The van der Waals surface area contributed by atoms with Gasteiger partial charge >= 0.3 is 0 Å². The first-order valence-corrected chi connectivity index (χ1v) is 10.6. The summed E-state index contributed by atoms with van der Waals surface area (Å²) in [6, 6.07) is 15.8. The van der Waals surface area contributed by atoms with Gasteiger partial charge in [0.2, 0.25) is 0 Å². The highest BCUT2D eigenvalue weighted by Crippen LogP contribution is 2.23. The smallest absolute Gasteiger partial charge is 0.251 e. The highest BCUT2D eigenvalue weighted by Gasteiger charge is 2.14. The number of nitrogens with zero attached hydrogens (tertiary/aromatic N) is 1. The van der Waals surface area contributed by atoms with Crippen LogP contribution in [0.2, 0.25) is 0 Å². The minimum atomic E-state index is -0.0100. The zero-order chi connectivity index (χ0) is 19.2. The standard InChI is InChI=1S/C21H24N4O2S/c26-20(22-9-10-25-11-13-27-14-12-25)17-7-5-16(6-8-17)15-28-21-23-18-3-1-2-4-19(18)24-21/h1-8H,9-15H2,(H,22,26)(H,23,24)/p+1.